The lowest BCUT2D eigenvalue weighted by atomic mass is 10.1. The molecule has 2 aromatic rings. The van der Waals surface area contributed by atoms with Gasteiger partial charge in [-0.1, -0.05) is 48.5 Å². The summed E-state index contributed by atoms with van der Waals surface area (Å²) in [5.41, 5.74) is 2.71. The molecule has 0 aliphatic carbocycles. The average Bonchev–Trinajstić information content (AvgIpc) is 2.72. The molecule has 140 valence electrons. The van der Waals surface area contributed by atoms with Crippen molar-refractivity contribution in [1.82, 2.24) is 10.2 Å². The van der Waals surface area contributed by atoms with Crippen LogP contribution in [0.1, 0.15) is 15.9 Å². The number of piperazine rings is 1. The molecular formula is C21H23N3O3. The topological polar surface area (TPSA) is 69.7 Å². The maximum atomic E-state index is 12.4. The van der Waals surface area contributed by atoms with Crippen LogP contribution in [-0.4, -0.2) is 55.2 Å². The minimum atomic E-state index is -0.756. The standard InChI is InChI=1S/C21H23N3O3/c1-16-7-5-6-10-18(16)23-11-13-24(14-12-23)19(25)15-22-21(27)20(26)17-8-3-2-4-9-17/h2-10H,11-15H2,1H3,(H,22,27). The zero-order valence-corrected chi connectivity index (χ0v) is 15.4. The summed E-state index contributed by atoms with van der Waals surface area (Å²) in [5, 5.41) is 2.44. The van der Waals surface area contributed by atoms with E-state index in [1.807, 2.05) is 12.1 Å². The van der Waals surface area contributed by atoms with Crippen LogP contribution in [0, 0.1) is 6.92 Å². The fourth-order valence-corrected chi connectivity index (χ4v) is 3.18. The highest BCUT2D eigenvalue weighted by Gasteiger charge is 2.23. The van der Waals surface area contributed by atoms with E-state index in [1.165, 1.54) is 11.3 Å². The first kappa shape index (κ1) is 18.6. The van der Waals surface area contributed by atoms with Crippen molar-refractivity contribution in [2.45, 2.75) is 6.92 Å². The Morgan fingerprint density at radius 1 is 0.889 bits per heavy atom. The molecule has 0 unspecified atom stereocenters. The Morgan fingerprint density at radius 2 is 1.52 bits per heavy atom. The van der Waals surface area contributed by atoms with Crippen LogP contribution in [0.15, 0.2) is 54.6 Å². The summed E-state index contributed by atoms with van der Waals surface area (Å²) in [6, 6.07) is 16.5. The van der Waals surface area contributed by atoms with Gasteiger partial charge in [0.15, 0.2) is 0 Å². The van der Waals surface area contributed by atoms with Gasteiger partial charge in [0.05, 0.1) is 6.54 Å². The first-order valence-corrected chi connectivity index (χ1v) is 9.02. The molecule has 6 nitrogen and oxygen atoms in total. The van der Waals surface area contributed by atoms with E-state index in [0.717, 1.165) is 13.1 Å². The van der Waals surface area contributed by atoms with Crippen molar-refractivity contribution in [3.63, 3.8) is 0 Å². The van der Waals surface area contributed by atoms with Crippen LogP contribution in [0.2, 0.25) is 0 Å². The van der Waals surface area contributed by atoms with E-state index in [9.17, 15) is 14.4 Å². The van der Waals surface area contributed by atoms with E-state index in [-0.39, 0.29) is 12.5 Å². The van der Waals surface area contributed by atoms with Crippen molar-refractivity contribution in [2.75, 3.05) is 37.6 Å². The second-order valence-corrected chi connectivity index (χ2v) is 6.53. The molecule has 27 heavy (non-hydrogen) atoms. The quantitative estimate of drug-likeness (QED) is 0.646. The molecule has 0 atom stereocenters. The van der Waals surface area contributed by atoms with E-state index < -0.39 is 11.7 Å². The van der Waals surface area contributed by atoms with Crippen LogP contribution in [0.5, 0.6) is 0 Å². The van der Waals surface area contributed by atoms with Crippen molar-refractivity contribution in [3.8, 4) is 0 Å². The zero-order valence-electron chi connectivity index (χ0n) is 15.4. The molecule has 1 fully saturated rings. The number of hydrogen-bond donors (Lipinski definition) is 1. The summed E-state index contributed by atoms with van der Waals surface area (Å²) in [6.45, 7) is 4.58. The normalized spacial score (nSPS) is 14.0. The van der Waals surface area contributed by atoms with Gasteiger partial charge in [-0.3, -0.25) is 14.4 Å². The number of anilines is 1. The maximum absolute atomic E-state index is 12.4. The Morgan fingerprint density at radius 3 is 2.19 bits per heavy atom. The van der Waals surface area contributed by atoms with E-state index in [0.29, 0.717) is 18.7 Å². The highest BCUT2D eigenvalue weighted by Crippen LogP contribution is 2.20. The third-order valence-corrected chi connectivity index (χ3v) is 4.73. The molecule has 0 spiro atoms. The second-order valence-electron chi connectivity index (χ2n) is 6.53. The summed E-state index contributed by atoms with van der Waals surface area (Å²) in [6.07, 6.45) is 0. The Balaban J connectivity index is 1.48. The summed E-state index contributed by atoms with van der Waals surface area (Å²) >= 11 is 0. The number of rotatable bonds is 5. The molecule has 1 heterocycles. The smallest absolute Gasteiger partial charge is 0.292 e. The van der Waals surface area contributed by atoms with Crippen molar-refractivity contribution < 1.29 is 14.4 Å². The molecule has 1 N–H and O–H groups in total. The van der Waals surface area contributed by atoms with E-state index in [1.54, 1.807) is 35.2 Å². The molecule has 0 radical (unpaired) electrons. The number of Topliss-reactive ketones (excluding diaryl/α,β-unsaturated/α-hetero) is 1. The van der Waals surface area contributed by atoms with E-state index in [2.05, 4.69) is 29.3 Å². The lowest BCUT2D eigenvalue weighted by Crippen LogP contribution is -2.51. The van der Waals surface area contributed by atoms with Gasteiger partial charge >= 0.3 is 0 Å². The van der Waals surface area contributed by atoms with Crippen LogP contribution in [0.4, 0.5) is 5.69 Å². The summed E-state index contributed by atoms with van der Waals surface area (Å²) < 4.78 is 0. The first-order chi connectivity index (χ1) is 13.1. The highest BCUT2D eigenvalue weighted by molar-refractivity contribution is 6.43. The van der Waals surface area contributed by atoms with Crippen molar-refractivity contribution in [3.05, 3.63) is 65.7 Å². The Labute approximate surface area is 158 Å². The molecule has 6 heteroatoms. The van der Waals surface area contributed by atoms with E-state index >= 15 is 0 Å². The fraction of sp³-hybridized carbons (Fsp3) is 0.286. The Hall–Kier alpha value is -3.15. The molecule has 2 amide bonds. The molecule has 0 aromatic heterocycles. The largest absolute Gasteiger partial charge is 0.368 e. The summed E-state index contributed by atoms with van der Waals surface area (Å²) in [7, 11) is 0. The van der Waals surface area contributed by atoms with Crippen LogP contribution in [0.25, 0.3) is 0 Å². The minimum Gasteiger partial charge on any atom is -0.368 e. The summed E-state index contributed by atoms with van der Waals surface area (Å²) in [5.74, 6) is -1.56. The maximum Gasteiger partial charge on any atom is 0.292 e. The van der Waals surface area contributed by atoms with E-state index in [4.69, 9.17) is 0 Å². The predicted molar refractivity (Wildman–Crippen MR) is 104 cm³/mol. The minimum absolute atomic E-state index is 0.165. The van der Waals surface area contributed by atoms with Gasteiger partial charge in [0.1, 0.15) is 0 Å². The Kier molecular flexibility index (Phi) is 5.86. The SMILES string of the molecule is Cc1ccccc1N1CCN(C(=O)CNC(=O)C(=O)c2ccccc2)CC1. The van der Waals surface area contributed by atoms with Crippen molar-refractivity contribution in [1.29, 1.82) is 0 Å². The number of benzene rings is 2. The third kappa shape index (κ3) is 4.53. The predicted octanol–water partition coefficient (Wildman–Crippen LogP) is 1.64. The molecule has 0 saturated carbocycles. The average molecular weight is 365 g/mol. The van der Waals surface area contributed by atoms with Crippen LogP contribution in [-0.2, 0) is 9.59 Å². The molecule has 0 bridgehead atoms. The lowest BCUT2D eigenvalue weighted by Gasteiger charge is -2.36. The van der Waals surface area contributed by atoms with Crippen molar-refractivity contribution >= 4 is 23.3 Å². The fourth-order valence-electron chi connectivity index (χ4n) is 3.18. The zero-order chi connectivity index (χ0) is 19.2. The van der Waals surface area contributed by atoms with Gasteiger partial charge in [-0.25, -0.2) is 0 Å². The number of carbonyl (C=O) groups excluding carboxylic acids is 3. The number of amides is 2. The van der Waals surface area contributed by atoms with Crippen molar-refractivity contribution in [2.24, 2.45) is 0 Å². The number of aryl methyl sites for hydroxylation is 1. The van der Waals surface area contributed by atoms with Crippen LogP contribution in [0.3, 0.4) is 0 Å². The number of ketones is 1. The van der Waals surface area contributed by atoms with Gasteiger partial charge in [-0.05, 0) is 18.6 Å². The first-order valence-electron chi connectivity index (χ1n) is 9.02. The number of carbonyl (C=O) groups is 3. The van der Waals surface area contributed by atoms with Gasteiger partial charge in [-0.2, -0.15) is 0 Å². The Bertz CT molecular complexity index is 828. The lowest BCUT2D eigenvalue weighted by molar-refractivity contribution is -0.132. The van der Waals surface area contributed by atoms with Crippen LogP contribution < -0.4 is 10.2 Å². The van der Waals surface area contributed by atoms with Gasteiger partial charge in [0, 0.05) is 37.4 Å². The monoisotopic (exact) mass is 365 g/mol. The second kappa shape index (κ2) is 8.49. The van der Waals surface area contributed by atoms with Gasteiger partial charge in [0.25, 0.3) is 5.91 Å². The van der Waals surface area contributed by atoms with Crippen LogP contribution >= 0.6 is 0 Å². The third-order valence-electron chi connectivity index (χ3n) is 4.73. The molecule has 3 rings (SSSR count). The highest BCUT2D eigenvalue weighted by atomic mass is 16.2. The molecule has 1 saturated heterocycles. The molecule has 2 aromatic carbocycles. The van der Waals surface area contributed by atoms with Gasteiger partial charge in [0.2, 0.25) is 11.7 Å². The number of nitrogens with one attached hydrogen (secondary N) is 1. The number of nitrogens with zero attached hydrogens (tertiary/aromatic N) is 2. The number of para-hydroxylation sites is 1. The molecule has 1 aliphatic heterocycles. The van der Waals surface area contributed by atoms with Gasteiger partial charge < -0.3 is 15.1 Å². The molecular weight excluding hydrogens is 342 g/mol. The molecule has 1 aliphatic rings. The summed E-state index contributed by atoms with van der Waals surface area (Å²) in [4.78, 5) is 40.3. The van der Waals surface area contributed by atoms with Gasteiger partial charge in [-0.15, -0.1) is 0 Å². The number of hydrogen-bond acceptors (Lipinski definition) is 4.